The van der Waals surface area contributed by atoms with Crippen LogP contribution < -0.4 is 5.56 Å². The molecule has 2 aromatic heterocycles. The van der Waals surface area contributed by atoms with E-state index in [2.05, 4.69) is 15.0 Å². The summed E-state index contributed by atoms with van der Waals surface area (Å²) in [5, 5.41) is 8.29. The van der Waals surface area contributed by atoms with Crippen LogP contribution in [-0.2, 0) is 28.6 Å². The van der Waals surface area contributed by atoms with E-state index in [-0.39, 0.29) is 5.56 Å². The number of aliphatic carboxylic acids is 1. The maximum atomic E-state index is 11.9. The van der Waals surface area contributed by atoms with Crippen molar-refractivity contribution >= 4 is 41.1 Å². The lowest BCUT2D eigenvalue weighted by atomic mass is 10.3. The number of H-pyrrole nitrogens is 1. The van der Waals surface area contributed by atoms with Gasteiger partial charge < -0.3 is 14.7 Å². The first-order chi connectivity index (χ1) is 12.6. The smallest absolute Gasteiger partial charge is 0.475 e. The zero-order valence-electron chi connectivity index (χ0n) is 13.8. The first-order valence-corrected chi connectivity index (χ1v) is 9.97. The predicted molar refractivity (Wildman–Crippen MR) is 96.0 cm³/mol. The SMILES string of the molecule is CCn1cnc(Cl)c1CSc1nc2c(c(=O)[nH]1)CSC2.O=C(O)C(F)(F)F. The molecule has 3 heterocycles. The summed E-state index contributed by atoms with van der Waals surface area (Å²) in [5.74, 6) is -0.536. The molecule has 0 amide bonds. The molecule has 0 aliphatic carbocycles. The second-order valence-corrected chi connectivity index (χ2v) is 7.46. The number of nitrogens with zero attached hydrogens (tertiary/aromatic N) is 3. The maximum absolute atomic E-state index is 11.9. The van der Waals surface area contributed by atoms with Crippen molar-refractivity contribution in [2.75, 3.05) is 0 Å². The molecular weight excluding hydrogens is 429 g/mol. The average Bonchev–Trinajstić information content (AvgIpc) is 3.19. The Morgan fingerprint density at radius 3 is 2.74 bits per heavy atom. The number of aryl methyl sites for hydroxylation is 1. The topological polar surface area (TPSA) is 101 Å². The zero-order chi connectivity index (χ0) is 20.2. The second kappa shape index (κ2) is 9.02. The van der Waals surface area contributed by atoms with Gasteiger partial charge in [0.15, 0.2) is 10.3 Å². The largest absolute Gasteiger partial charge is 0.490 e. The Labute approximate surface area is 164 Å². The number of alkyl halides is 3. The molecule has 0 fully saturated rings. The number of carboxylic acid groups (broad SMARTS) is 1. The van der Waals surface area contributed by atoms with Gasteiger partial charge in [0.1, 0.15) is 0 Å². The highest BCUT2D eigenvalue weighted by Gasteiger charge is 2.38. The summed E-state index contributed by atoms with van der Waals surface area (Å²) in [7, 11) is 0. The van der Waals surface area contributed by atoms with Gasteiger partial charge in [-0.2, -0.15) is 24.9 Å². The molecule has 0 radical (unpaired) electrons. The van der Waals surface area contributed by atoms with Gasteiger partial charge in [0, 0.05) is 29.4 Å². The van der Waals surface area contributed by atoms with E-state index < -0.39 is 12.1 Å². The highest BCUT2D eigenvalue weighted by molar-refractivity contribution is 7.98. The van der Waals surface area contributed by atoms with E-state index in [0.717, 1.165) is 35.0 Å². The van der Waals surface area contributed by atoms with Crippen molar-refractivity contribution in [3.63, 3.8) is 0 Å². The molecule has 3 rings (SSSR count). The average molecular weight is 443 g/mol. The maximum Gasteiger partial charge on any atom is 0.490 e. The van der Waals surface area contributed by atoms with Gasteiger partial charge in [0.25, 0.3) is 5.56 Å². The minimum atomic E-state index is -5.08. The van der Waals surface area contributed by atoms with Gasteiger partial charge >= 0.3 is 12.1 Å². The number of hydrogen-bond donors (Lipinski definition) is 2. The first-order valence-electron chi connectivity index (χ1n) is 7.45. The molecule has 2 aromatic rings. The molecule has 13 heteroatoms. The number of thioether (sulfide) groups is 2. The second-order valence-electron chi connectivity index (χ2n) is 5.15. The number of aromatic amines is 1. The molecule has 0 saturated heterocycles. The number of halogens is 4. The third kappa shape index (κ3) is 5.66. The Morgan fingerprint density at radius 1 is 1.48 bits per heavy atom. The van der Waals surface area contributed by atoms with Gasteiger partial charge in [0.05, 0.1) is 17.7 Å². The van der Waals surface area contributed by atoms with E-state index in [1.54, 1.807) is 18.1 Å². The molecule has 1 aliphatic rings. The summed E-state index contributed by atoms with van der Waals surface area (Å²) >= 11 is 9.28. The van der Waals surface area contributed by atoms with Crippen molar-refractivity contribution in [2.45, 2.75) is 42.1 Å². The van der Waals surface area contributed by atoms with Crippen LogP contribution in [-0.4, -0.2) is 36.8 Å². The van der Waals surface area contributed by atoms with Gasteiger partial charge in [-0.3, -0.25) is 4.79 Å². The Morgan fingerprint density at radius 2 is 2.15 bits per heavy atom. The van der Waals surface area contributed by atoms with Crippen molar-refractivity contribution in [1.29, 1.82) is 0 Å². The van der Waals surface area contributed by atoms with Crippen LogP contribution in [0.5, 0.6) is 0 Å². The molecule has 0 unspecified atom stereocenters. The summed E-state index contributed by atoms with van der Waals surface area (Å²) in [5.41, 5.74) is 2.67. The normalized spacial score (nSPS) is 13.1. The van der Waals surface area contributed by atoms with Crippen LogP contribution in [0.2, 0.25) is 5.15 Å². The molecule has 148 valence electrons. The van der Waals surface area contributed by atoms with Gasteiger partial charge in [-0.15, -0.1) is 0 Å². The van der Waals surface area contributed by atoms with E-state index in [9.17, 15) is 18.0 Å². The number of hydrogen-bond acceptors (Lipinski definition) is 6. The summed E-state index contributed by atoms with van der Waals surface area (Å²) < 4.78 is 33.7. The number of aromatic nitrogens is 4. The third-order valence-corrected chi connectivity index (χ3v) is 5.56. The van der Waals surface area contributed by atoms with E-state index in [0.29, 0.717) is 16.1 Å². The van der Waals surface area contributed by atoms with Gasteiger partial charge in [-0.1, -0.05) is 23.4 Å². The Balaban J connectivity index is 0.000000321. The minimum absolute atomic E-state index is 0.0161. The number of carbonyl (C=O) groups is 1. The van der Waals surface area contributed by atoms with Crippen molar-refractivity contribution in [2.24, 2.45) is 0 Å². The number of imidazole rings is 1. The van der Waals surface area contributed by atoms with Crippen molar-refractivity contribution < 1.29 is 23.1 Å². The lowest BCUT2D eigenvalue weighted by molar-refractivity contribution is -0.192. The van der Waals surface area contributed by atoms with E-state index in [4.69, 9.17) is 21.5 Å². The van der Waals surface area contributed by atoms with Gasteiger partial charge in [-0.25, -0.2) is 14.8 Å². The van der Waals surface area contributed by atoms with Crippen LogP contribution in [0.3, 0.4) is 0 Å². The quantitative estimate of drug-likeness (QED) is 0.553. The van der Waals surface area contributed by atoms with Crippen molar-refractivity contribution in [3.05, 3.63) is 38.8 Å². The van der Waals surface area contributed by atoms with Crippen LogP contribution in [0.1, 0.15) is 23.9 Å². The third-order valence-electron chi connectivity index (χ3n) is 3.39. The molecule has 1 aliphatic heterocycles. The number of rotatable bonds is 4. The van der Waals surface area contributed by atoms with Gasteiger partial charge in [0.2, 0.25) is 0 Å². The molecule has 2 N–H and O–H groups in total. The molecule has 7 nitrogen and oxygen atoms in total. The highest BCUT2D eigenvalue weighted by atomic mass is 35.5. The number of fused-ring (bicyclic) bond motifs is 1. The first kappa shape index (κ1) is 21.6. The molecular formula is C14H14ClF3N4O3S2. The molecule has 0 bridgehead atoms. The fourth-order valence-electron chi connectivity index (χ4n) is 2.04. The zero-order valence-corrected chi connectivity index (χ0v) is 16.2. The lowest BCUT2D eigenvalue weighted by Gasteiger charge is -2.06. The number of nitrogens with one attached hydrogen (secondary N) is 1. The minimum Gasteiger partial charge on any atom is -0.475 e. The Kier molecular flexibility index (Phi) is 7.23. The van der Waals surface area contributed by atoms with E-state index in [1.807, 2.05) is 11.5 Å². The van der Waals surface area contributed by atoms with Crippen LogP contribution >= 0.6 is 35.1 Å². The Hall–Kier alpha value is -1.66. The predicted octanol–water partition coefficient (Wildman–Crippen LogP) is 3.31. The summed E-state index contributed by atoms with van der Waals surface area (Å²) in [6.07, 6.45) is -3.35. The van der Waals surface area contributed by atoms with Gasteiger partial charge in [-0.05, 0) is 6.92 Å². The molecule has 0 aromatic carbocycles. The fraction of sp³-hybridized carbons (Fsp3) is 0.429. The molecule has 0 atom stereocenters. The van der Waals surface area contributed by atoms with Crippen LogP contribution in [0.25, 0.3) is 0 Å². The highest BCUT2D eigenvalue weighted by Crippen LogP contribution is 2.28. The van der Waals surface area contributed by atoms with Crippen LogP contribution in [0.15, 0.2) is 16.3 Å². The number of carboxylic acids is 1. The summed E-state index contributed by atoms with van der Waals surface area (Å²) in [4.78, 5) is 32.3. The summed E-state index contributed by atoms with van der Waals surface area (Å²) in [6, 6.07) is 0. The Bertz CT molecular complexity index is 885. The van der Waals surface area contributed by atoms with Crippen LogP contribution in [0.4, 0.5) is 13.2 Å². The van der Waals surface area contributed by atoms with E-state index in [1.165, 1.54) is 11.8 Å². The van der Waals surface area contributed by atoms with Crippen molar-refractivity contribution in [3.8, 4) is 0 Å². The monoisotopic (exact) mass is 442 g/mol. The van der Waals surface area contributed by atoms with Crippen molar-refractivity contribution in [1.82, 2.24) is 19.5 Å². The molecule has 27 heavy (non-hydrogen) atoms. The standard InChI is InChI=1S/C12H13ClN4OS2.C2HF3O2/c1-2-17-6-14-10(13)9(17)5-20-12-15-8-4-19-3-7(8)11(18)16-12;3-2(4,5)1(6)7/h6H,2-5H2,1H3,(H,15,16,18);(H,6,7). The fourth-order valence-corrected chi connectivity index (χ4v) is 4.29. The lowest BCUT2D eigenvalue weighted by Crippen LogP contribution is -2.21. The summed E-state index contributed by atoms with van der Waals surface area (Å²) in [6.45, 7) is 2.86. The van der Waals surface area contributed by atoms with Crippen LogP contribution in [0, 0.1) is 0 Å². The van der Waals surface area contributed by atoms with E-state index >= 15 is 0 Å². The molecule has 0 spiro atoms. The molecule has 0 saturated carbocycles.